The zero-order valence-electron chi connectivity index (χ0n) is 29.1. The number of hydrogen-bond donors (Lipinski definition) is 0. The lowest BCUT2D eigenvalue weighted by molar-refractivity contribution is -0.145. The Balaban J connectivity index is 3.07. The summed E-state index contributed by atoms with van der Waals surface area (Å²) in [5.41, 5.74) is 0. The summed E-state index contributed by atoms with van der Waals surface area (Å²) in [5, 5.41) is 0. The Morgan fingerprint density at radius 3 is 0.913 bits per heavy atom. The molecule has 0 aliphatic carbocycles. The van der Waals surface area contributed by atoms with E-state index in [1.165, 1.54) is 0 Å². The number of rotatable bonds is 40. The number of carbonyl (C=O) groups is 1. The van der Waals surface area contributed by atoms with Crippen LogP contribution in [0.25, 0.3) is 0 Å². The van der Waals surface area contributed by atoms with Crippen LogP contribution in [-0.4, -0.2) is 183 Å². The van der Waals surface area contributed by atoms with Crippen LogP contribution in [0.5, 0.6) is 0 Å². The number of hydrogen-bond acceptors (Lipinski definition) is 14. The summed E-state index contributed by atoms with van der Waals surface area (Å²) in [5.74, 6) is -0.159. The number of likely N-dealkylation sites (N-methyl/N-ethyl adjacent to an activating group) is 1. The predicted octanol–water partition coefficient (Wildman–Crippen LogP) is 1.85. The van der Waals surface area contributed by atoms with E-state index in [1.54, 1.807) is 0 Å². The van der Waals surface area contributed by atoms with Crippen LogP contribution in [0.4, 0.5) is 0 Å². The fraction of sp³-hybridized carbons (Fsp3) is 0.969. The van der Waals surface area contributed by atoms with Crippen LogP contribution in [0.3, 0.4) is 0 Å². The van der Waals surface area contributed by atoms with Gasteiger partial charge in [-0.15, -0.1) is 0 Å². The fourth-order valence-electron chi connectivity index (χ4n) is 3.35. The van der Waals surface area contributed by atoms with Crippen LogP contribution in [0, 0.1) is 0 Å². The Bertz CT molecular complexity index is 590. The minimum atomic E-state index is -0.159. The number of nitrogens with zero attached hydrogens (tertiary/aromatic N) is 1. The molecule has 0 radical (unpaired) electrons. The highest BCUT2D eigenvalue weighted by atomic mass is 16.6. The van der Waals surface area contributed by atoms with Crippen molar-refractivity contribution in [2.45, 2.75) is 32.6 Å². The highest BCUT2D eigenvalue weighted by molar-refractivity contribution is 5.69. The van der Waals surface area contributed by atoms with E-state index in [0.29, 0.717) is 152 Å². The second kappa shape index (κ2) is 40.2. The monoisotopic (exact) mass is 671 g/mol. The van der Waals surface area contributed by atoms with Crippen molar-refractivity contribution in [3.63, 3.8) is 0 Å². The van der Waals surface area contributed by atoms with Crippen LogP contribution in [-0.2, 0) is 61.6 Å². The van der Waals surface area contributed by atoms with Gasteiger partial charge in [-0.3, -0.25) is 4.79 Å². The average Bonchev–Trinajstić information content (AvgIpc) is 3.04. The first kappa shape index (κ1) is 45.0. The first-order valence-corrected chi connectivity index (χ1v) is 16.8. The standard InChI is InChI=1S/C32H65NO13/c1-4-5-6-7-32(34)46-31-30-45-29-28-44-27-26-43-25-24-42-23-22-41-21-20-40-19-18-39-17-16-38-15-14-37-13-12-36-11-10-35-9-8-33(2)3/h4-31H2,1-3H3. The van der Waals surface area contributed by atoms with E-state index >= 15 is 0 Å². The third-order valence-corrected chi connectivity index (χ3v) is 5.88. The van der Waals surface area contributed by atoms with Crippen LogP contribution < -0.4 is 0 Å². The molecule has 276 valence electrons. The van der Waals surface area contributed by atoms with Crippen molar-refractivity contribution in [2.75, 3.05) is 173 Å². The quantitative estimate of drug-likeness (QED) is 0.0694. The van der Waals surface area contributed by atoms with Gasteiger partial charge >= 0.3 is 5.97 Å². The number of unbranched alkanes of at least 4 members (excludes halogenated alkanes) is 2. The van der Waals surface area contributed by atoms with Gasteiger partial charge in [-0.1, -0.05) is 19.8 Å². The first-order valence-electron chi connectivity index (χ1n) is 16.8. The summed E-state index contributed by atoms with van der Waals surface area (Å²) < 4.78 is 65.1. The molecule has 0 spiro atoms. The molecule has 0 aromatic rings. The molecule has 0 fully saturated rings. The molecule has 0 saturated carbocycles. The summed E-state index contributed by atoms with van der Waals surface area (Å²) in [7, 11) is 4.04. The Labute approximate surface area is 277 Å². The van der Waals surface area contributed by atoms with Crippen LogP contribution in [0.15, 0.2) is 0 Å². The lowest BCUT2D eigenvalue weighted by atomic mass is 10.2. The Hall–Kier alpha value is -1.01. The van der Waals surface area contributed by atoms with Crippen LogP contribution >= 0.6 is 0 Å². The van der Waals surface area contributed by atoms with E-state index in [-0.39, 0.29) is 12.6 Å². The summed E-state index contributed by atoms with van der Waals surface area (Å²) in [6.07, 6.45) is 3.49. The molecular formula is C32H65NO13. The van der Waals surface area contributed by atoms with Gasteiger partial charge in [0.25, 0.3) is 0 Å². The molecule has 0 heterocycles. The molecule has 0 saturated heterocycles. The van der Waals surface area contributed by atoms with E-state index < -0.39 is 0 Å². The van der Waals surface area contributed by atoms with Gasteiger partial charge in [-0.25, -0.2) is 0 Å². The van der Waals surface area contributed by atoms with E-state index in [1.807, 2.05) is 14.1 Å². The summed E-state index contributed by atoms with van der Waals surface area (Å²) in [4.78, 5) is 13.5. The molecular weight excluding hydrogens is 606 g/mol. The topological polar surface area (TPSA) is 131 Å². The molecule has 0 aromatic carbocycles. The minimum absolute atomic E-state index is 0.159. The van der Waals surface area contributed by atoms with E-state index in [0.717, 1.165) is 25.8 Å². The SMILES string of the molecule is CCCCCC(=O)OCCOCCOCCOCCOCCOCCOCCOCCOCCOCCOCCOCCN(C)C. The molecule has 0 bridgehead atoms. The molecule has 14 heteroatoms. The van der Waals surface area contributed by atoms with Crippen LogP contribution in [0.1, 0.15) is 32.6 Å². The molecule has 0 aliphatic rings. The van der Waals surface area contributed by atoms with Gasteiger partial charge in [0.2, 0.25) is 0 Å². The van der Waals surface area contributed by atoms with Crippen molar-refractivity contribution in [1.82, 2.24) is 4.90 Å². The largest absolute Gasteiger partial charge is 0.463 e. The maximum atomic E-state index is 11.5. The molecule has 0 N–H and O–H groups in total. The predicted molar refractivity (Wildman–Crippen MR) is 173 cm³/mol. The molecule has 0 amide bonds. The van der Waals surface area contributed by atoms with E-state index in [2.05, 4.69) is 11.8 Å². The van der Waals surface area contributed by atoms with Crippen molar-refractivity contribution < 1.29 is 61.6 Å². The molecule has 0 aromatic heterocycles. The van der Waals surface area contributed by atoms with Crippen molar-refractivity contribution >= 4 is 5.97 Å². The summed E-state index contributed by atoms with van der Waals surface area (Å²) >= 11 is 0. The highest BCUT2D eigenvalue weighted by Crippen LogP contribution is 2.00. The van der Waals surface area contributed by atoms with E-state index in [9.17, 15) is 4.79 Å². The van der Waals surface area contributed by atoms with E-state index in [4.69, 9.17) is 56.8 Å². The molecule has 14 nitrogen and oxygen atoms in total. The molecule has 0 unspecified atom stereocenters. The third-order valence-electron chi connectivity index (χ3n) is 5.88. The normalized spacial score (nSPS) is 11.6. The van der Waals surface area contributed by atoms with Gasteiger partial charge in [0.05, 0.1) is 145 Å². The van der Waals surface area contributed by atoms with Gasteiger partial charge in [0.15, 0.2) is 0 Å². The smallest absolute Gasteiger partial charge is 0.305 e. The maximum Gasteiger partial charge on any atom is 0.305 e. The van der Waals surface area contributed by atoms with Crippen molar-refractivity contribution in [3.05, 3.63) is 0 Å². The zero-order chi connectivity index (χ0) is 33.4. The second-order valence-corrected chi connectivity index (χ2v) is 10.2. The summed E-state index contributed by atoms with van der Waals surface area (Å²) in [6, 6.07) is 0. The third kappa shape index (κ3) is 41.0. The van der Waals surface area contributed by atoms with Crippen molar-refractivity contribution in [2.24, 2.45) is 0 Å². The van der Waals surface area contributed by atoms with Gasteiger partial charge < -0.3 is 61.7 Å². The molecule has 46 heavy (non-hydrogen) atoms. The molecule has 0 atom stereocenters. The fourth-order valence-corrected chi connectivity index (χ4v) is 3.35. The van der Waals surface area contributed by atoms with Crippen molar-refractivity contribution in [3.8, 4) is 0 Å². The summed E-state index contributed by atoms with van der Waals surface area (Å²) in [6.45, 7) is 14.7. The Morgan fingerprint density at radius 2 is 0.652 bits per heavy atom. The van der Waals surface area contributed by atoms with Crippen molar-refractivity contribution in [1.29, 1.82) is 0 Å². The first-order chi connectivity index (χ1) is 22.7. The Kier molecular flexibility index (Phi) is 39.3. The maximum absolute atomic E-state index is 11.5. The average molecular weight is 672 g/mol. The Morgan fingerprint density at radius 1 is 0.391 bits per heavy atom. The highest BCUT2D eigenvalue weighted by Gasteiger charge is 2.02. The lowest BCUT2D eigenvalue weighted by Gasteiger charge is -2.10. The molecule has 0 aliphatic heterocycles. The molecule has 0 rings (SSSR count). The van der Waals surface area contributed by atoms with Crippen LogP contribution in [0.2, 0.25) is 0 Å². The zero-order valence-corrected chi connectivity index (χ0v) is 29.1. The van der Waals surface area contributed by atoms with Gasteiger partial charge in [-0.2, -0.15) is 0 Å². The van der Waals surface area contributed by atoms with Gasteiger partial charge in [0.1, 0.15) is 6.61 Å². The number of esters is 1. The second-order valence-electron chi connectivity index (χ2n) is 10.2. The number of carbonyl (C=O) groups excluding carboxylic acids is 1. The number of ether oxygens (including phenoxy) is 12. The minimum Gasteiger partial charge on any atom is -0.463 e. The van der Waals surface area contributed by atoms with Gasteiger partial charge in [-0.05, 0) is 20.5 Å². The van der Waals surface area contributed by atoms with Gasteiger partial charge in [0, 0.05) is 13.0 Å². The lowest BCUT2D eigenvalue weighted by Crippen LogP contribution is -2.19.